The molecule has 2 radical (unpaired) electrons. The van der Waals surface area contributed by atoms with Crippen LogP contribution in [-0.4, -0.2) is 57.6 Å². The molecule has 0 heterocycles. The Morgan fingerprint density at radius 2 is 1.06 bits per heavy atom. The van der Waals surface area contributed by atoms with E-state index < -0.39 is 35.5 Å². The number of nitrogens with zero attached hydrogens (tertiary/aromatic N) is 2. The van der Waals surface area contributed by atoms with Gasteiger partial charge in [-0.25, -0.2) is 0 Å². The Labute approximate surface area is 215 Å². The van der Waals surface area contributed by atoms with Crippen molar-refractivity contribution in [3.05, 3.63) is 47.5 Å². The first kappa shape index (κ1) is 38.2. The summed E-state index contributed by atoms with van der Waals surface area (Å²) in [5, 5.41) is 61.0. The third-order valence-electron chi connectivity index (χ3n) is 3.55. The number of hydrogen-bond donors (Lipinski definition) is 2. The van der Waals surface area contributed by atoms with Crippen molar-refractivity contribution in [3.8, 4) is 23.0 Å². The Morgan fingerprint density at radius 1 is 0.765 bits per heavy atom. The van der Waals surface area contributed by atoms with Gasteiger partial charge in [-0.1, -0.05) is 23.6 Å². The number of carboxylic acids is 2. The minimum Gasteiger partial charge on any atom is -0.872 e. The van der Waals surface area contributed by atoms with Crippen molar-refractivity contribution in [2.75, 3.05) is 0 Å². The molecule has 0 saturated carbocycles. The number of benzene rings is 2. The van der Waals surface area contributed by atoms with Crippen LogP contribution in [0.4, 0.5) is 0 Å². The normalized spacial score (nSPS) is 11.4. The van der Waals surface area contributed by atoms with Crippen molar-refractivity contribution in [2.24, 2.45) is 9.98 Å². The van der Waals surface area contributed by atoms with E-state index in [1.54, 1.807) is 0 Å². The van der Waals surface area contributed by atoms with Gasteiger partial charge in [0.1, 0.15) is 11.5 Å². The summed E-state index contributed by atoms with van der Waals surface area (Å²) in [6.07, 6.45) is 2.31. The van der Waals surface area contributed by atoms with E-state index in [0.717, 1.165) is 24.6 Å². The minimum atomic E-state index is -1.31. The van der Waals surface area contributed by atoms with Gasteiger partial charge in [-0.05, 0) is 49.2 Å². The van der Waals surface area contributed by atoms with Crippen molar-refractivity contribution in [3.63, 3.8) is 0 Å². The van der Waals surface area contributed by atoms with Gasteiger partial charge < -0.3 is 51.2 Å². The standard InChI is InChI=1S/2C10H11NO4.2Cu.2H2O/c2*1-6(10(14)15)11-5-7-2-3-8(12)4-9(7)13;;;;/h2*2-6,12-13H,1H3,(H,14,15);;;2*1H2/q;;2*+2;;/p-4/t2*6-;;;;/m00..../s1. The Morgan fingerprint density at radius 3 is 1.29 bits per heavy atom. The van der Waals surface area contributed by atoms with Crippen molar-refractivity contribution in [1.29, 1.82) is 0 Å². The molecule has 194 valence electrons. The summed E-state index contributed by atoms with van der Waals surface area (Å²) in [7, 11) is 0. The molecule has 0 aromatic heterocycles. The molecule has 34 heavy (non-hydrogen) atoms. The van der Waals surface area contributed by atoms with Crippen molar-refractivity contribution in [1.82, 2.24) is 0 Å². The van der Waals surface area contributed by atoms with Crippen molar-refractivity contribution in [2.45, 2.75) is 25.9 Å². The Hall–Kier alpha value is -3.12. The molecule has 0 unspecified atom stereocenters. The van der Waals surface area contributed by atoms with Gasteiger partial charge in [-0.2, -0.15) is 0 Å². The third kappa shape index (κ3) is 13.4. The third-order valence-corrected chi connectivity index (χ3v) is 3.55. The molecule has 0 bridgehead atoms. The zero-order valence-corrected chi connectivity index (χ0v) is 19.5. The molecule has 0 amide bonds. The molecule has 0 spiro atoms. The van der Waals surface area contributed by atoms with E-state index in [9.17, 15) is 30.0 Å². The number of phenols is 2. The van der Waals surface area contributed by atoms with Gasteiger partial charge >= 0.3 is 34.1 Å². The minimum absolute atomic E-state index is 0. The van der Waals surface area contributed by atoms with Crippen LogP contribution in [0.3, 0.4) is 0 Å². The SMILES string of the molecule is C[C@H](N=Cc1ccc(O)cc1[O-])C(=O)[O-].C[C@H](N=Cc1ccc(O)cc1[O-])C(=O)[O-].O.O.[Cu+2].[Cu+2]. The summed E-state index contributed by atoms with van der Waals surface area (Å²) in [5.41, 5.74) is 0.446. The van der Waals surface area contributed by atoms with Crippen molar-refractivity contribution >= 4 is 24.4 Å². The second kappa shape index (κ2) is 18.3. The van der Waals surface area contributed by atoms with Crippen LogP contribution in [0, 0.1) is 0 Å². The maximum atomic E-state index is 11.2. The van der Waals surface area contributed by atoms with Crippen LogP contribution in [0.1, 0.15) is 25.0 Å². The van der Waals surface area contributed by atoms with Crippen LogP contribution in [-0.2, 0) is 43.7 Å². The molecule has 2 atom stereocenters. The Kier molecular flexibility index (Phi) is 20.6. The number of carbonyl (C=O) groups is 2. The monoisotopic (exact) mass is 576 g/mol. The summed E-state index contributed by atoms with van der Waals surface area (Å²) in [5.74, 6) is -3.71. The van der Waals surface area contributed by atoms with E-state index >= 15 is 0 Å². The van der Waals surface area contributed by atoms with E-state index in [1.165, 1.54) is 38.1 Å². The number of phenolic OH excluding ortho intramolecular Hbond substituents is 2. The summed E-state index contributed by atoms with van der Waals surface area (Å²) < 4.78 is 0. The summed E-state index contributed by atoms with van der Waals surface area (Å²) >= 11 is 0. The molecule has 14 heteroatoms. The van der Waals surface area contributed by atoms with E-state index in [1.807, 2.05) is 0 Å². The summed E-state index contributed by atoms with van der Waals surface area (Å²) in [6, 6.07) is 5.44. The Bertz CT molecular complexity index is 893. The fraction of sp³-hybridized carbons (Fsp3) is 0.200. The van der Waals surface area contributed by atoms with Crippen LogP contribution in [0.5, 0.6) is 23.0 Å². The quantitative estimate of drug-likeness (QED) is 0.255. The first-order valence-electron chi connectivity index (χ1n) is 8.49. The maximum absolute atomic E-state index is 11.2. The number of aromatic hydroxyl groups is 2. The molecule has 2 aromatic rings. The molecule has 0 aliphatic rings. The van der Waals surface area contributed by atoms with E-state index in [2.05, 4.69) is 9.98 Å². The van der Waals surface area contributed by atoms with Gasteiger partial charge in [0.2, 0.25) is 0 Å². The van der Waals surface area contributed by atoms with E-state index in [4.69, 9.17) is 10.2 Å². The molecule has 2 aromatic carbocycles. The molecule has 2 rings (SSSR count). The van der Waals surface area contributed by atoms with Gasteiger partial charge in [-0.15, -0.1) is 0 Å². The number of carboxylic acid groups (broad SMARTS) is 2. The predicted molar refractivity (Wildman–Crippen MR) is 106 cm³/mol. The van der Waals surface area contributed by atoms with Crippen LogP contribution < -0.4 is 20.4 Å². The zero-order valence-electron chi connectivity index (χ0n) is 17.6. The number of aliphatic carboxylic acids is 2. The molecule has 0 aliphatic heterocycles. The largest absolute Gasteiger partial charge is 2.00 e. The van der Waals surface area contributed by atoms with Crippen LogP contribution >= 0.6 is 0 Å². The first-order valence-corrected chi connectivity index (χ1v) is 8.49. The zero-order chi connectivity index (χ0) is 22.8. The molecule has 0 saturated heterocycles. The average molecular weight is 577 g/mol. The van der Waals surface area contributed by atoms with Crippen LogP contribution in [0.15, 0.2) is 46.4 Å². The smallest absolute Gasteiger partial charge is 0.872 e. The summed E-state index contributed by atoms with van der Waals surface area (Å²) in [4.78, 5) is 27.9. The molecule has 12 nitrogen and oxygen atoms in total. The topological polar surface area (TPSA) is 255 Å². The van der Waals surface area contributed by atoms with E-state index in [-0.39, 0.29) is 67.7 Å². The number of rotatable bonds is 6. The van der Waals surface area contributed by atoms with Gasteiger partial charge in [0.05, 0.1) is 24.0 Å². The fourth-order valence-corrected chi connectivity index (χ4v) is 1.77. The number of aliphatic imine (C=N–C) groups is 2. The second-order valence-corrected chi connectivity index (χ2v) is 5.99. The maximum Gasteiger partial charge on any atom is 2.00 e. The van der Waals surface area contributed by atoms with Gasteiger partial charge in [-0.3, -0.25) is 9.98 Å². The predicted octanol–water partition coefficient (Wildman–Crippen LogP) is -3.61. The first-order chi connectivity index (χ1) is 14.0. The fourth-order valence-electron chi connectivity index (χ4n) is 1.77. The van der Waals surface area contributed by atoms with Gasteiger partial charge in [0, 0.05) is 12.4 Å². The van der Waals surface area contributed by atoms with Crippen molar-refractivity contribution < 1.29 is 85.3 Å². The second-order valence-electron chi connectivity index (χ2n) is 5.99. The average Bonchev–Trinajstić information content (AvgIpc) is 2.66. The van der Waals surface area contributed by atoms with Gasteiger partial charge in [0.25, 0.3) is 0 Å². The molecule has 0 fully saturated rings. The molecule has 0 aliphatic carbocycles. The molecular formula is C20H22Cu2N2O10. The molecular weight excluding hydrogens is 555 g/mol. The van der Waals surface area contributed by atoms with Gasteiger partial charge in [0.15, 0.2) is 0 Å². The number of carbonyl (C=O) groups excluding carboxylic acids is 2. The van der Waals surface area contributed by atoms with E-state index in [0.29, 0.717) is 0 Å². The van der Waals surface area contributed by atoms with Crippen LogP contribution in [0.25, 0.3) is 0 Å². The van der Waals surface area contributed by atoms with Crippen LogP contribution in [0.2, 0.25) is 0 Å². The Balaban J connectivity index is -0.000000237. The molecule has 6 N–H and O–H groups in total. The summed E-state index contributed by atoms with van der Waals surface area (Å²) in [6.45, 7) is 2.69. The number of hydrogen-bond acceptors (Lipinski definition) is 10.